The maximum absolute atomic E-state index is 12.1. The first kappa shape index (κ1) is 25.3. The molecule has 0 amide bonds. The van der Waals surface area contributed by atoms with E-state index < -0.39 is 27.5 Å². The Morgan fingerprint density at radius 1 is 1.23 bits per heavy atom. The van der Waals surface area contributed by atoms with E-state index in [1.165, 1.54) is 0 Å². The molecule has 4 rings (SSSR count). The summed E-state index contributed by atoms with van der Waals surface area (Å²) in [4.78, 5) is 12.1. The summed E-state index contributed by atoms with van der Waals surface area (Å²) in [6.07, 6.45) is 4.10. The van der Waals surface area contributed by atoms with Crippen LogP contribution in [0, 0.1) is 22.7 Å². The maximum atomic E-state index is 12.1. The van der Waals surface area contributed by atoms with Crippen molar-refractivity contribution in [1.82, 2.24) is 0 Å². The third-order valence-electron chi connectivity index (χ3n) is 8.25. The van der Waals surface area contributed by atoms with Crippen LogP contribution in [-0.2, 0) is 28.9 Å². The number of aliphatic hydroxyl groups is 1. The van der Waals surface area contributed by atoms with Crippen molar-refractivity contribution in [3.8, 4) is 0 Å². The van der Waals surface area contributed by atoms with E-state index in [9.17, 15) is 22.9 Å². The molecule has 7 atom stereocenters. The van der Waals surface area contributed by atoms with Gasteiger partial charge in [0, 0.05) is 5.41 Å². The summed E-state index contributed by atoms with van der Waals surface area (Å²) >= 11 is 0. The Morgan fingerprint density at radius 3 is 2.53 bits per heavy atom. The number of esters is 1. The van der Waals surface area contributed by atoms with Gasteiger partial charge in [-0.2, -0.15) is 0 Å². The van der Waals surface area contributed by atoms with Gasteiger partial charge in [-0.15, -0.1) is 0 Å². The zero-order valence-corrected chi connectivity index (χ0v) is 22.0. The maximum Gasteiger partial charge on any atom is 1.00 e. The van der Waals surface area contributed by atoms with Crippen LogP contribution in [0.4, 0.5) is 0 Å². The third kappa shape index (κ3) is 4.15. The van der Waals surface area contributed by atoms with Gasteiger partial charge in [-0.25, -0.2) is 13.2 Å². The minimum Gasteiger partial charge on any atom is -0.726 e. The van der Waals surface area contributed by atoms with Crippen LogP contribution < -0.4 is 51.4 Å². The first-order chi connectivity index (χ1) is 13.4. The standard InChI is InChI=1S/C20H30O8S.K/c1-18-7-5-16(21)19(2,11-27-29(23,24)25)14(18)4-8-20(3)15(18)10-13(28-20)12-6-9-26-17(12)22;/h6,13-16,21H,4-5,7-11H2,1-3H3,(H,23,24,25);/q;+1/p-1/t13-,14+,15-,16-,18-,19+,20-;/m1./s1. The normalized spacial score (nSPS) is 45.8. The molecule has 0 bridgehead atoms. The van der Waals surface area contributed by atoms with Crippen molar-refractivity contribution in [2.45, 2.75) is 70.7 Å². The van der Waals surface area contributed by atoms with Gasteiger partial charge in [-0.05, 0) is 62.4 Å². The largest absolute Gasteiger partial charge is 1.00 e. The monoisotopic (exact) mass is 468 g/mol. The summed E-state index contributed by atoms with van der Waals surface area (Å²) in [5.41, 5.74) is -0.918. The van der Waals surface area contributed by atoms with Crippen LogP contribution >= 0.6 is 0 Å². The average Bonchev–Trinajstić information content (AvgIpc) is 3.20. The van der Waals surface area contributed by atoms with Crippen molar-refractivity contribution in [3.63, 3.8) is 0 Å². The fraction of sp³-hybridized carbons (Fsp3) is 0.850. The van der Waals surface area contributed by atoms with Gasteiger partial charge in [-0.1, -0.05) is 13.8 Å². The van der Waals surface area contributed by atoms with E-state index in [1.54, 1.807) is 6.08 Å². The molecule has 2 heterocycles. The van der Waals surface area contributed by atoms with E-state index >= 15 is 0 Å². The van der Waals surface area contributed by atoms with Crippen LogP contribution in [0.1, 0.15) is 52.9 Å². The predicted molar refractivity (Wildman–Crippen MR) is 100 cm³/mol. The van der Waals surface area contributed by atoms with Crippen molar-refractivity contribution in [1.29, 1.82) is 0 Å². The van der Waals surface area contributed by atoms with E-state index in [-0.39, 0.29) is 93.9 Å². The molecule has 2 aliphatic heterocycles. The number of aliphatic hydroxyl groups excluding tert-OH is 1. The summed E-state index contributed by atoms with van der Waals surface area (Å²) in [5.74, 6) is -0.230. The number of fused-ring (bicyclic) bond motifs is 3. The minimum absolute atomic E-state index is 0. The van der Waals surface area contributed by atoms with E-state index in [2.05, 4.69) is 18.0 Å². The van der Waals surface area contributed by atoms with Crippen molar-refractivity contribution in [2.75, 3.05) is 13.2 Å². The fourth-order valence-corrected chi connectivity index (χ4v) is 7.18. The molecule has 1 saturated heterocycles. The van der Waals surface area contributed by atoms with Gasteiger partial charge in [0.25, 0.3) is 0 Å². The Labute approximate surface area is 220 Å². The quantitative estimate of drug-likeness (QED) is 0.234. The van der Waals surface area contributed by atoms with E-state index in [1.807, 2.05) is 6.92 Å². The van der Waals surface area contributed by atoms with Gasteiger partial charge in [0.1, 0.15) is 6.61 Å². The van der Waals surface area contributed by atoms with Crippen LogP contribution in [0.15, 0.2) is 11.6 Å². The van der Waals surface area contributed by atoms with Crippen molar-refractivity contribution < 1.29 is 87.9 Å². The van der Waals surface area contributed by atoms with Crippen LogP contribution in [-0.4, -0.2) is 55.1 Å². The number of ether oxygens (including phenoxy) is 2. The number of hydrogen-bond acceptors (Lipinski definition) is 8. The first-order valence-electron chi connectivity index (χ1n) is 10.2. The summed E-state index contributed by atoms with van der Waals surface area (Å²) in [6, 6.07) is 0. The van der Waals surface area contributed by atoms with Crippen LogP contribution in [0.3, 0.4) is 0 Å². The first-order valence-corrected chi connectivity index (χ1v) is 11.6. The molecule has 3 fully saturated rings. The van der Waals surface area contributed by atoms with E-state index in [0.29, 0.717) is 18.4 Å². The summed E-state index contributed by atoms with van der Waals surface area (Å²) in [5, 5.41) is 10.8. The van der Waals surface area contributed by atoms with Gasteiger partial charge < -0.3 is 19.1 Å². The van der Waals surface area contributed by atoms with Crippen molar-refractivity contribution >= 4 is 16.4 Å². The molecule has 2 saturated carbocycles. The third-order valence-corrected chi connectivity index (χ3v) is 8.65. The predicted octanol–water partition coefficient (Wildman–Crippen LogP) is -1.31. The number of carbonyl (C=O) groups excluding carboxylic acids is 1. The van der Waals surface area contributed by atoms with Crippen LogP contribution in [0.25, 0.3) is 0 Å². The molecule has 4 aliphatic rings. The smallest absolute Gasteiger partial charge is 0.726 e. The number of carbonyl (C=O) groups is 1. The molecule has 8 nitrogen and oxygen atoms in total. The van der Waals surface area contributed by atoms with E-state index in [0.717, 1.165) is 19.3 Å². The molecule has 0 radical (unpaired) electrons. The molecule has 0 unspecified atom stereocenters. The molecule has 30 heavy (non-hydrogen) atoms. The van der Waals surface area contributed by atoms with Crippen LogP contribution in [0.5, 0.6) is 0 Å². The SMILES string of the molecule is C[C@]1(COS(=O)(=O)[O-])[C@H]2CC[C@@]3(C)O[C@@H](C4=CCOC4=O)C[C@@H]3[C@]2(C)CC[C@H]1O.[K+]. The zero-order chi connectivity index (χ0) is 21.2. The Bertz CT molecular complexity index is 844. The topological polar surface area (TPSA) is 122 Å². The Kier molecular flexibility index (Phi) is 7.11. The molecule has 10 heteroatoms. The summed E-state index contributed by atoms with van der Waals surface area (Å²) in [6.45, 7) is 6.02. The molecule has 2 aliphatic carbocycles. The summed E-state index contributed by atoms with van der Waals surface area (Å²) < 4.78 is 49.4. The van der Waals surface area contributed by atoms with Gasteiger partial charge >= 0.3 is 57.4 Å². The second kappa shape index (κ2) is 8.45. The van der Waals surface area contributed by atoms with Gasteiger partial charge in [-0.3, -0.25) is 4.18 Å². The van der Waals surface area contributed by atoms with Crippen LogP contribution in [0.2, 0.25) is 0 Å². The van der Waals surface area contributed by atoms with Gasteiger partial charge in [0.15, 0.2) is 0 Å². The Hall–Kier alpha value is 0.636. The van der Waals surface area contributed by atoms with Crippen molar-refractivity contribution in [3.05, 3.63) is 11.6 Å². The van der Waals surface area contributed by atoms with E-state index in [4.69, 9.17) is 9.47 Å². The summed E-state index contributed by atoms with van der Waals surface area (Å²) in [7, 11) is -4.84. The molecule has 0 aromatic carbocycles. The van der Waals surface area contributed by atoms with Gasteiger partial charge in [0.05, 0.1) is 30.0 Å². The molecule has 0 aromatic rings. The number of cyclic esters (lactones) is 1. The fourth-order valence-electron chi connectivity index (χ4n) is 6.79. The zero-order valence-electron chi connectivity index (χ0n) is 18.0. The Morgan fingerprint density at radius 2 is 1.93 bits per heavy atom. The number of rotatable bonds is 4. The second-order valence-electron chi connectivity index (χ2n) is 9.79. The molecule has 164 valence electrons. The molecule has 0 spiro atoms. The minimum atomic E-state index is -4.84. The van der Waals surface area contributed by atoms with Gasteiger partial charge in [0.2, 0.25) is 10.4 Å². The Balaban J connectivity index is 0.00000256. The number of hydrogen-bond donors (Lipinski definition) is 1. The van der Waals surface area contributed by atoms with Crippen molar-refractivity contribution in [2.24, 2.45) is 22.7 Å². The average molecular weight is 469 g/mol. The second-order valence-corrected chi connectivity index (χ2v) is 10.8. The molecule has 0 aromatic heterocycles. The molecular formula is C20H29KO8S. The molecular weight excluding hydrogens is 439 g/mol. The molecule has 1 N–H and O–H groups in total.